The number of rotatable bonds is 4. The zero-order valence-electron chi connectivity index (χ0n) is 9.65. The highest BCUT2D eigenvalue weighted by Crippen LogP contribution is 2.49. The predicted molar refractivity (Wildman–Crippen MR) is 58.9 cm³/mol. The second-order valence-corrected chi connectivity index (χ2v) is 4.79. The van der Waals surface area contributed by atoms with Gasteiger partial charge in [-0.3, -0.25) is 0 Å². The van der Waals surface area contributed by atoms with E-state index in [0.717, 1.165) is 12.7 Å². The highest BCUT2D eigenvalue weighted by Gasteiger charge is 2.47. The number of carbonyl (C=O) groups is 2. The molecule has 2 aliphatic rings. The summed E-state index contributed by atoms with van der Waals surface area (Å²) in [5.41, 5.74) is 0. The van der Waals surface area contributed by atoms with Gasteiger partial charge in [-0.15, -0.1) is 0 Å². The van der Waals surface area contributed by atoms with E-state index in [1.807, 2.05) is 0 Å². The highest BCUT2D eigenvalue weighted by molar-refractivity contribution is 5.68. The first-order valence-corrected chi connectivity index (χ1v) is 6.13. The summed E-state index contributed by atoms with van der Waals surface area (Å²) in [5.74, 6) is 1.52. The van der Waals surface area contributed by atoms with E-state index in [0.29, 0.717) is 30.8 Å². The molecule has 16 heavy (non-hydrogen) atoms. The maximum atomic E-state index is 11.4. The Bertz CT molecular complexity index is 279. The van der Waals surface area contributed by atoms with Gasteiger partial charge in [0.1, 0.15) is 6.29 Å². The molecule has 0 aromatic heterocycles. The van der Waals surface area contributed by atoms with Gasteiger partial charge in [0.15, 0.2) is 0 Å². The van der Waals surface area contributed by atoms with Gasteiger partial charge < -0.3 is 14.8 Å². The lowest BCUT2D eigenvalue weighted by atomic mass is 9.83. The molecule has 1 N–H and O–H groups in total. The Balaban J connectivity index is 1.95. The van der Waals surface area contributed by atoms with E-state index in [2.05, 4.69) is 5.32 Å². The zero-order valence-corrected chi connectivity index (χ0v) is 9.65. The zero-order chi connectivity index (χ0) is 11.5. The van der Waals surface area contributed by atoms with E-state index in [-0.39, 0.29) is 12.1 Å². The summed E-state index contributed by atoms with van der Waals surface area (Å²) in [5, 5.41) is 2.93. The van der Waals surface area contributed by atoms with Crippen molar-refractivity contribution in [2.24, 2.45) is 17.8 Å². The van der Waals surface area contributed by atoms with Crippen LogP contribution < -0.4 is 5.32 Å². The molecule has 0 heterocycles. The largest absolute Gasteiger partial charge is 0.450 e. The Labute approximate surface area is 95.7 Å². The van der Waals surface area contributed by atoms with Crippen LogP contribution in [0, 0.1) is 17.8 Å². The quantitative estimate of drug-likeness (QED) is 0.741. The van der Waals surface area contributed by atoms with Crippen molar-refractivity contribution in [3.63, 3.8) is 0 Å². The summed E-state index contributed by atoms with van der Waals surface area (Å²) in [6, 6.07) is 0.156. The molecule has 1 amide bonds. The van der Waals surface area contributed by atoms with Crippen LogP contribution in [0.5, 0.6) is 0 Å². The molecule has 2 rings (SSSR count). The molecular weight excluding hydrogens is 206 g/mol. The van der Waals surface area contributed by atoms with E-state index in [4.69, 9.17) is 4.74 Å². The molecule has 0 aromatic carbocycles. The lowest BCUT2D eigenvalue weighted by Crippen LogP contribution is -2.44. The van der Waals surface area contributed by atoms with E-state index >= 15 is 0 Å². The Morgan fingerprint density at radius 3 is 2.88 bits per heavy atom. The number of nitrogens with one attached hydrogen (secondary N) is 1. The molecule has 0 radical (unpaired) electrons. The number of hydrogen-bond acceptors (Lipinski definition) is 3. The lowest BCUT2D eigenvalue weighted by Gasteiger charge is -2.30. The van der Waals surface area contributed by atoms with Gasteiger partial charge in [0, 0.05) is 12.5 Å². The molecule has 0 aromatic rings. The summed E-state index contributed by atoms with van der Waals surface area (Å²) in [6.45, 7) is 2.19. The van der Waals surface area contributed by atoms with Gasteiger partial charge in [0.2, 0.25) is 0 Å². The molecule has 0 saturated heterocycles. The van der Waals surface area contributed by atoms with Crippen LogP contribution >= 0.6 is 0 Å². The monoisotopic (exact) mass is 225 g/mol. The molecule has 4 nitrogen and oxygen atoms in total. The lowest BCUT2D eigenvalue weighted by molar-refractivity contribution is -0.109. The maximum absolute atomic E-state index is 11.4. The average Bonchev–Trinajstić information content (AvgIpc) is 2.82. The van der Waals surface area contributed by atoms with E-state index < -0.39 is 0 Å². The number of alkyl carbamates (subject to hydrolysis) is 1. The number of aldehydes is 1. The van der Waals surface area contributed by atoms with E-state index in [1.165, 1.54) is 12.8 Å². The third kappa shape index (κ3) is 2.06. The fourth-order valence-corrected chi connectivity index (χ4v) is 3.39. The molecule has 2 aliphatic carbocycles. The van der Waals surface area contributed by atoms with Crippen LogP contribution in [-0.4, -0.2) is 25.0 Å². The molecule has 0 spiro atoms. The van der Waals surface area contributed by atoms with Crippen molar-refractivity contribution in [2.75, 3.05) is 6.61 Å². The van der Waals surface area contributed by atoms with Crippen molar-refractivity contribution in [2.45, 2.75) is 38.6 Å². The van der Waals surface area contributed by atoms with Crippen molar-refractivity contribution in [1.82, 2.24) is 5.32 Å². The molecule has 2 saturated carbocycles. The van der Waals surface area contributed by atoms with Crippen LogP contribution in [-0.2, 0) is 9.53 Å². The Morgan fingerprint density at radius 2 is 2.19 bits per heavy atom. The maximum Gasteiger partial charge on any atom is 0.407 e. The first kappa shape index (κ1) is 11.4. The number of hydrogen-bond donors (Lipinski definition) is 1. The Hall–Kier alpha value is -1.06. The van der Waals surface area contributed by atoms with Crippen LogP contribution in [0.25, 0.3) is 0 Å². The summed E-state index contributed by atoms with van der Waals surface area (Å²) in [4.78, 5) is 22.1. The van der Waals surface area contributed by atoms with Gasteiger partial charge >= 0.3 is 6.09 Å². The van der Waals surface area contributed by atoms with Crippen LogP contribution in [0.1, 0.15) is 32.6 Å². The minimum absolute atomic E-state index is 0.156. The predicted octanol–water partition coefficient (Wildman–Crippen LogP) is 1.74. The molecular formula is C12H19NO3. The van der Waals surface area contributed by atoms with Gasteiger partial charge in [0.25, 0.3) is 0 Å². The minimum Gasteiger partial charge on any atom is -0.450 e. The number of carbonyl (C=O) groups excluding carboxylic acids is 2. The second-order valence-electron chi connectivity index (χ2n) is 4.79. The molecule has 4 heteroatoms. The van der Waals surface area contributed by atoms with Crippen LogP contribution in [0.4, 0.5) is 4.79 Å². The smallest absolute Gasteiger partial charge is 0.407 e. The second kappa shape index (κ2) is 4.85. The third-order valence-corrected chi connectivity index (χ3v) is 4.02. The van der Waals surface area contributed by atoms with Crippen LogP contribution in [0.2, 0.25) is 0 Å². The fourth-order valence-electron chi connectivity index (χ4n) is 3.39. The summed E-state index contributed by atoms with van der Waals surface area (Å²) in [7, 11) is 0. The molecule has 90 valence electrons. The summed E-state index contributed by atoms with van der Waals surface area (Å²) >= 11 is 0. The Kier molecular flexibility index (Phi) is 3.46. The number of fused-ring (bicyclic) bond motifs is 2. The summed E-state index contributed by atoms with van der Waals surface area (Å²) in [6.07, 6.45) is 4.76. The molecule has 2 fully saturated rings. The van der Waals surface area contributed by atoms with Crippen molar-refractivity contribution >= 4 is 12.4 Å². The van der Waals surface area contributed by atoms with Gasteiger partial charge in [-0.2, -0.15) is 0 Å². The van der Waals surface area contributed by atoms with Crippen molar-refractivity contribution in [3.8, 4) is 0 Å². The fraction of sp³-hybridized carbons (Fsp3) is 0.833. The highest BCUT2D eigenvalue weighted by atomic mass is 16.5. The average molecular weight is 225 g/mol. The topological polar surface area (TPSA) is 55.4 Å². The van der Waals surface area contributed by atoms with Crippen molar-refractivity contribution < 1.29 is 14.3 Å². The third-order valence-electron chi connectivity index (χ3n) is 4.02. The molecule has 4 atom stereocenters. The van der Waals surface area contributed by atoms with Crippen LogP contribution in [0.15, 0.2) is 0 Å². The Morgan fingerprint density at radius 1 is 1.44 bits per heavy atom. The van der Waals surface area contributed by atoms with Gasteiger partial charge in [-0.1, -0.05) is 0 Å². The minimum atomic E-state index is -0.337. The van der Waals surface area contributed by atoms with E-state index in [1.54, 1.807) is 6.92 Å². The standard InChI is InChI=1S/C12H19NO3/c1-2-16-12(15)13-11-9-4-3-8(7-9)10(11)5-6-14/h6,8-11H,2-5,7H2,1H3,(H,13,15). The first-order valence-electron chi connectivity index (χ1n) is 6.13. The first-order chi connectivity index (χ1) is 7.76. The number of amides is 1. The number of ether oxygens (including phenoxy) is 1. The van der Waals surface area contributed by atoms with Gasteiger partial charge in [-0.05, 0) is 43.9 Å². The van der Waals surface area contributed by atoms with E-state index in [9.17, 15) is 9.59 Å². The van der Waals surface area contributed by atoms with Gasteiger partial charge in [0.05, 0.1) is 6.61 Å². The molecule has 0 aliphatic heterocycles. The van der Waals surface area contributed by atoms with Crippen LogP contribution in [0.3, 0.4) is 0 Å². The molecule has 2 bridgehead atoms. The van der Waals surface area contributed by atoms with Crippen molar-refractivity contribution in [3.05, 3.63) is 0 Å². The SMILES string of the molecule is CCOC(=O)NC1C2CCC(C2)C1CC=O. The summed E-state index contributed by atoms with van der Waals surface area (Å²) < 4.78 is 4.90. The van der Waals surface area contributed by atoms with Gasteiger partial charge in [-0.25, -0.2) is 4.79 Å². The van der Waals surface area contributed by atoms with Crippen molar-refractivity contribution in [1.29, 1.82) is 0 Å². The molecule has 4 unspecified atom stereocenters. The normalized spacial score (nSPS) is 36.1.